The summed E-state index contributed by atoms with van der Waals surface area (Å²) in [6, 6.07) is 8.76. The van der Waals surface area contributed by atoms with Crippen LogP contribution in [0.25, 0.3) is 22.0 Å². The fraction of sp³-hybridized carbons (Fsp3) is 0.235. The molecule has 2 heterocycles. The normalized spacial score (nSPS) is 11.3. The standard InChI is InChI=1S/C17H19FN4/c1-22(2)8-7-19-17-6-3-12(10-21-17)15-11-20-16-9-13(18)4-5-14(15)16/h3-6,9-11,20H,7-8H2,1-2H3,(H,19,21). The lowest BCUT2D eigenvalue weighted by Gasteiger charge is -2.11. The second-order valence-electron chi connectivity index (χ2n) is 5.55. The minimum absolute atomic E-state index is 0.237. The third-order valence-electron chi connectivity index (χ3n) is 3.58. The quantitative estimate of drug-likeness (QED) is 0.759. The summed E-state index contributed by atoms with van der Waals surface area (Å²) in [7, 11) is 4.08. The molecule has 0 unspecified atom stereocenters. The molecule has 2 N–H and O–H groups in total. The summed E-state index contributed by atoms with van der Waals surface area (Å²) in [6.07, 6.45) is 3.73. The van der Waals surface area contributed by atoms with Crippen molar-refractivity contribution in [1.29, 1.82) is 0 Å². The Bertz CT molecular complexity index is 762. The zero-order valence-electron chi connectivity index (χ0n) is 12.7. The SMILES string of the molecule is CN(C)CCNc1ccc(-c2c[nH]c3cc(F)ccc23)cn1. The Morgan fingerprint density at radius 2 is 2.09 bits per heavy atom. The summed E-state index contributed by atoms with van der Waals surface area (Å²) in [4.78, 5) is 9.66. The van der Waals surface area contributed by atoms with Gasteiger partial charge in [0.05, 0.1) is 0 Å². The van der Waals surface area contributed by atoms with Gasteiger partial charge >= 0.3 is 0 Å². The summed E-state index contributed by atoms with van der Waals surface area (Å²) in [5.41, 5.74) is 2.83. The molecule has 0 amide bonds. The predicted octanol–water partition coefficient (Wildman–Crippen LogP) is 3.34. The second kappa shape index (κ2) is 6.15. The van der Waals surface area contributed by atoms with Crippen molar-refractivity contribution in [1.82, 2.24) is 14.9 Å². The fourth-order valence-corrected chi connectivity index (χ4v) is 2.40. The molecule has 2 aromatic heterocycles. The van der Waals surface area contributed by atoms with E-state index in [0.717, 1.165) is 40.9 Å². The van der Waals surface area contributed by atoms with Crippen LogP contribution in [0.5, 0.6) is 0 Å². The Morgan fingerprint density at radius 3 is 2.82 bits per heavy atom. The van der Waals surface area contributed by atoms with Crippen LogP contribution >= 0.6 is 0 Å². The topological polar surface area (TPSA) is 44.0 Å². The lowest BCUT2D eigenvalue weighted by Crippen LogP contribution is -2.21. The number of halogens is 1. The molecule has 0 atom stereocenters. The summed E-state index contributed by atoms with van der Waals surface area (Å²) in [5.74, 6) is 0.621. The molecule has 0 saturated carbocycles. The van der Waals surface area contributed by atoms with E-state index in [4.69, 9.17) is 0 Å². The van der Waals surface area contributed by atoms with Gasteiger partial charge in [-0.25, -0.2) is 9.37 Å². The summed E-state index contributed by atoms with van der Waals surface area (Å²) < 4.78 is 13.2. The minimum atomic E-state index is -0.237. The molecule has 0 bridgehead atoms. The third kappa shape index (κ3) is 3.09. The molecule has 0 saturated heterocycles. The van der Waals surface area contributed by atoms with Crippen LogP contribution in [0.2, 0.25) is 0 Å². The Morgan fingerprint density at radius 1 is 1.23 bits per heavy atom. The van der Waals surface area contributed by atoms with E-state index in [-0.39, 0.29) is 5.82 Å². The van der Waals surface area contributed by atoms with E-state index in [1.165, 1.54) is 12.1 Å². The number of hydrogen-bond donors (Lipinski definition) is 2. The number of benzene rings is 1. The number of rotatable bonds is 5. The summed E-state index contributed by atoms with van der Waals surface area (Å²) in [5, 5.41) is 4.28. The van der Waals surface area contributed by atoms with E-state index in [2.05, 4.69) is 20.2 Å². The van der Waals surface area contributed by atoms with Crippen molar-refractivity contribution in [2.45, 2.75) is 0 Å². The number of H-pyrrole nitrogens is 1. The maximum atomic E-state index is 13.2. The number of pyridine rings is 1. The van der Waals surface area contributed by atoms with Crippen LogP contribution < -0.4 is 5.32 Å². The number of hydrogen-bond acceptors (Lipinski definition) is 3. The third-order valence-corrected chi connectivity index (χ3v) is 3.58. The van der Waals surface area contributed by atoms with E-state index in [1.807, 2.05) is 38.6 Å². The second-order valence-corrected chi connectivity index (χ2v) is 5.55. The fourth-order valence-electron chi connectivity index (χ4n) is 2.40. The van der Waals surface area contributed by atoms with Gasteiger partial charge in [-0.05, 0) is 44.4 Å². The van der Waals surface area contributed by atoms with Crippen molar-refractivity contribution in [3.05, 3.63) is 48.5 Å². The van der Waals surface area contributed by atoms with Gasteiger partial charge in [0, 0.05) is 47.5 Å². The average Bonchev–Trinajstić information content (AvgIpc) is 2.90. The van der Waals surface area contributed by atoms with Gasteiger partial charge in [0.15, 0.2) is 0 Å². The first-order valence-electron chi connectivity index (χ1n) is 7.25. The van der Waals surface area contributed by atoms with Gasteiger partial charge < -0.3 is 15.2 Å². The van der Waals surface area contributed by atoms with E-state index < -0.39 is 0 Å². The molecule has 0 spiro atoms. The number of aromatic nitrogens is 2. The lowest BCUT2D eigenvalue weighted by molar-refractivity contribution is 0.425. The van der Waals surface area contributed by atoms with Crippen molar-refractivity contribution < 1.29 is 4.39 Å². The smallest absolute Gasteiger partial charge is 0.125 e. The van der Waals surface area contributed by atoms with Crippen LogP contribution in [0.1, 0.15) is 0 Å². The minimum Gasteiger partial charge on any atom is -0.369 e. The Balaban J connectivity index is 1.79. The molecule has 4 nitrogen and oxygen atoms in total. The van der Waals surface area contributed by atoms with Crippen molar-refractivity contribution in [3.8, 4) is 11.1 Å². The van der Waals surface area contributed by atoms with Gasteiger partial charge in [-0.3, -0.25) is 0 Å². The van der Waals surface area contributed by atoms with Crippen LogP contribution in [-0.2, 0) is 0 Å². The molecular weight excluding hydrogens is 279 g/mol. The first-order chi connectivity index (χ1) is 10.6. The molecule has 3 aromatic rings. The largest absolute Gasteiger partial charge is 0.369 e. The van der Waals surface area contributed by atoms with Crippen LogP contribution in [-0.4, -0.2) is 42.1 Å². The predicted molar refractivity (Wildman–Crippen MR) is 88.5 cm³/mol. The first kappa shape index (κ1) is 14.5. The van der Waals surface area contributed by atoms with Gasteiger partial charge in [0.1, 0.15) is 11.6 Å². The van der Waals surface area contributed by atoms with Gasteiger partial charge in [-0.15, -0.1) is 0 Å². The highest BCUT2D eigenvalue weighted by Crippen LogP contribution is 2.28. The Kier molecular flexibility index (Phi) is 4.06. The van der Waals surface area contributed by atoms with Crippen molar-refractivity contribution in [2.24, 2.45) is 0 Å². The van der Waals surface area contributed by atoms with Crippen molar-refractivity contribution in [3.63, 3.8) is 0 Å². The molecule has 0 aliphatic heterocycles. The average molecular weight is 298 g/mol. The van der Waals surface area contributed by atoms with Crippen LogP contribution in [0, 0.1) is 5.82 Å². The van der Waals surface area contributed by atoms with Crippen molar-refractivity contribution >= 4 is 16.7 Å². The highest BCUT2D eigenvalue weighted by Gasteiger charge is 2.07. The highest BCUT2D eigenvalue weighted by molar-refractivity contribution is 5.95. The highest BCUT2D eigenvalue weighted by atomic mass is 19.1. The molecule has 0 aliphatic carbocycles. The van der Waals surface area contributed by atoms with E-state index in [0.29, 0.717) is 0 Å². The van der Waals surface area contributed by atoms with Crippen LogP contribution in [0.3, 0.4) is 0 Å². The number of fused-ring (bicyclic) bond motifs is 1. The first-order valence-corrected chi connectivity index (χ1v) is 7.25. The van der Waals surface area contributed by atoms with Crippen LogP contribution in [0.15, 0.2) is 42.7 Å². The summed E-state index contributed by atoms with van der Waals surface area (Å²) >= 11 is 0. The molecule has 3 rings (SSSR count). The molecule has 5 heteroatoms. The molecule has 0 aliphatic rings. The number of nitrogens with zero attached hydrogens (tertiary/aromatic N) is 2. The monoisotopic (exact) mass is 298 g/mol. The van der Waals surface area contributed by atoms with E-state index in [9.17, 15) is 4.39 Å². The lowest BCUT2D eigenvalue weighted by atomic mass is 10.1. The van der Waals surface area contributed by atoms with E-state index in [1.54, 1.807) is 6.07 Å². The maximum absolute atomic E-state index is 13.2. The van der Waals surface area contributed by atoms with Gasteiger partial charge in [0.25, 0.3) is 0 Å². The number of anilines is 1. The Hall–Kier alpha value is -2.40. The zero-order valence-corrected chi connectivity index (χ0v) is 12.7. The summed E-state index contributed by atoms with van der Waals surface area (Å²) in [6.45, 7) is 1.81. The molecule has 0 fully saturated rings. The molecular formula is C17H19FN4. The Labute approximate surface area is 129 Å². The molecule has 0 radical (unpaired) electrons. The van der Waals surface area contributed by atoms with Crippen molar-refractivity contribution in [2.75, 3.05) is 32.5 Å². The van der Waals surface area contributed by atoms with Crippen LogP contribution in [0.4, 0.5) is 10.2 Å². The molecule has 22 heavy (non-hydrogen) atoms. The number of aromatic amines is 1. The maximum Gasteiger partial charge on any atom is 0.125 e. The van der Waals surface area contributed by atoms with Gasteiger partial charge in [0.2, 0.25) is 0 Å². The number of likely N-dealkylation sites (N-methyl/N-ethyl adjacent to an activating group) is 1. The van der Waals surface area contributed by atoms with Gasteiger partial charge in [-0.2, -0.15) is 0 Å². The van der Waals surface area contributed by atoms with E-state index >= 15 is 0 Å². The number of nitrogens with one attached hydrogen (secondary N) is 2. The molecule has 1 aromatic carbocycles. The van der Waals surface area contributed by atoms with Gasteiger partial charge in [-0.1, -0.05) is 0 Å². The zero-order chi connectivity index (χ0) is 15.5. The molecule has 114 valence electrons.